The maximum Gasteiger partial charge on any atom is 0.260 e. The van der Waals surface area contributed by atoms with E-state index in [0.717, 1.165) is 16.4 Å². The van der Waals surface area contributed by atoms with E-state index >= 15 is 0 Å². The van der Waals surface area contributed by atoms with Crippen LogP contribution in [-0.4, -0.2) is 25.9 Å². The number of nitrogens with one attached hydrogen (secondary N) is 1. The van der Waals surface area contributed by atoms with Crippen LogP contribution in [0.4, 0.5) is 5.13 Å². The van der Waals surface area contributed by atoms with Gasteiger partial charge in [0.05, 0.1) is 23.1 Å². The molecule has 0 radical (unpaired) electrons. The number of para-hydroxylation sites is 1. The van der Waals surface area contributed by atoms with E-state index in [0.29, 0.717) is 16.6 Å². The SMILES string of the molecule is CC(C)c1c(C(=O)Nc2nnc(C3CC3)s2)cnn1-c1ccccc1. The number of anilines is 1. The molecule has 1 aliphatic rings. The summed E-state index contributed by atoms with van der Waals surface area (Å²) >= 11 is 1.46. The smallest absolute Gasteiger partial charge is 0.260 e. The average molecular weight is 353 g/mol. The van der Waals surface area contributed by atoms with Crippen molar-refractivity contribution in [2.24, 2.45) is 0 Å². The number of benzene rings is 1. The second-order valence-corrected chi connectivity index (χ2v) is 7.53. The molecule has 6 nitrogen and oxygen atoms in total. The second-order valence-electron chi connectivity index (χ2n) is 6.52. The number of carbonyl (C=O) groups excluding carboxylic acids is 1. The lowest BCUT2D eigenvalue weighted by Crippen LogP contribution is -2.15. The van der Waals surface area contributed by atoms with Crippen molar-refractivity contribution < 1.29 is 4.79 Å². The molecule has 1 N–H and O–H groups in total. The molecule has 0 unspecified atom stereocenters. The first-order valence-electron chi connectivity index (χ1n) is 8.41. The quantitative estimate of drug-likeness (QED) is 0.753. The lowest BCUT2D eigenvalue weighted by molar-refractivity contribution is 0.102. The molecule has 0 saturated heterocycles. The maximum absolute atomic E-state index is 12.8. The second kappa shape index (κ2) is 6.40. The van der Waals surface area contributed by atoms with E-state index in [-0.39, 0.29) is 11.8 Å². The summed E-state index contributed by atoms with van der Waals surface area (Å²) in [5.41, 5.74) is 2.40. The van der Waals surface area contributed by atoms with Crippen LogP contribution in [-0.2, 0) is 0 Å². The largest absolute Gasteiger partial charge is 0.296 e. The fraction of sp³-hybridized carbons (Fsp3) is 0.333. The zero-order valence-electron chi connectivity index (χ0n) is 14.1. The summed E-state index contributed by atoms with van der Waals surface area (Å²) in [6, 6.07) is 9.84. The Bertz CT molecular complexity index is 895. The monoisotopic (exact) mass is 353 g/mol. The highest BCUT2D eigenvalue weighted by Crippen LogP contribution is 2.42. The van der Waals surface area contributed by atoms with Gasteiger partial charge in [-0.05, 0) is 30.9 Å². The van der Waals surface area contributed by atoms with Crippen molar-refractivity contribution in [1.82, 2.24) is 20.0 Å². The van der Waals surface area contributed by atoms with E-state index in [9.17, 15) is 4.79 Å². The van der Waals surface area contributed by atoms with Crippen LogP contribution in [0.1, 0.15) is 59.6 Å². The number of rotatable bonds is 5. The summed E-state index contributed by atoms with van der Waals surface area (Å²) in [7, 11) is 0. The molecule has 2 aromatic heterocycles. The Morgan fingerprint density at radius 1 is 1.24 bits per heavy atom. The molecule has 0 bridgehead atoms. The molecule has 2 heterocycles. The van der Waals surface area contributed by atoms with Gasteiger partial charge in [0.2, 0.25) is 5.13 Å². The molecule has 1 fully saturated rings. The summed E-state index contributed by atoms with van der Waals surface area (Å²) in [6.07, 6.45) is 3.97. The van der Waals surface area contributed by atoms with Gasteiger partial charge in [0.15, 0.2) is 0 Å². The molecule has 128 valence electrons. The van der Waals surface area contributed by atoms with Crippen molar-refractivity contribution >= 4 is 22.4 Å². The zero-order chi connectivity index (χ0) is 17.4. The van der Waals surface area contributed by atoms with Crippen LogP contribution < -0.4 is 5.32 Å². The summed E-state index contributed by atoms with van der Waals surface area (Å²) in [5, 5.41) is 17.1. The highest BCUT2D eigenvalue weighted by atomic mass is 32.1. The lowest BCUT2D eigenvalue weighted by Gasteiger charge is -2.12. The Balaban J connectivity index is 1.62. The minimum Gasteiger partial charge on any atom is -0.296 e. The molecule has 1 aliphatic carbocycles. The van der Waals surface area contributed by atoms with E-state index in [1.165, 1.54) is 24.2 Å². The van der Waals surface area contributed by atoms with Crippen molar-refractivity contribution in [3.63, 3.8) is 0 Å². The highest BCUT2D eigenvalue weighted by molar-refractivity contribution is 7.15. The number of carbonyl (C=O) groups is 1. The van der Waals surface area contributed by atoms with Gasteiger partial charge >= 0.3 is 0 Å². The van der Waals surface area contributed by atoms with Crippen LogP contribution in [0.5, 0.6) is 0 Å². The van der Waals surface area contributed by atoms with Crippen molar-refractivity contribution in [3.05, 3.63) is 52.8 Å². The first-order chi connectivity index (χ1) is 12.1. The van der Waals surface area contributed by atoms with Gasteiger partial charge in [-0.25, -0.2) is 4.68 Å². The zero-order valence-corrected chi connectivity index (χ0v) is 15.0. The predicted octanol–water partition coefficient (Wildman–Crippen LogP) is 3.98. The molecular formula is C18H19N5OS. The van der Waals surface area contributed by atoms with E-state index in [1.54, 1.807) is 6.20 Å². The maximum atomic E-state index is 12.8. The number of amides is 1. The Morgan fingerprint density at radius 2 is 2.00 bits per heavy atom. The van der Waals surface area contributed by atoms with E-state index in [4.69, 9.17) is 0 Å². The van der Waals surface area contributed by atoms with Gasteiger partial charge in [-0.15, -0.1) is 10.2 Å². The summed E-state index contributed by atoms with van der Waals surface area (Å²) < 4.78 is 1.83. The average Bonchev–Trinajstić information content (AvgIpc) is 3.19. The van der Waals surface area contributed by atoms with Crippen molar-refractivity contribution in [3.8, 4) is 5.69 Å². The normalized spacial score (nSPS) is 14.0. The molecule has 4 rings (SSSR count). The molecule has 1 saturated carbocycles. The fourth-order valence-corrected chi connectivity index (χ4v) is 3.72. The molecule has 0 spiro atoms. The third kappa shape index (κ3) is 3.19. The van der Waals surface area contributed by atoms with Gasteiger partial charge in [0.1, 0.15) is 5.01 Å². The Morgan fingerprint density at radius 3 is 2.68 bits per heavy atom. The molecule has 25 heavy (non-hydrogen) atoms. The Hall–Kier alpha value is -2.54. The Kier molecular flexibility index (Phi) is 4.09. The first kappa shape index (κ1) is 16.0. The molecule has 1 amide bonds. The number of hydrogen-bond donors (Lipinski definition) is 1. The van der Waals surface area contributed by atoms with Crippen molar-refractivity contribution in [2.75, 3.05) is 5.32 Å². The fourth-order valence-electron chi connectivity index (χ4n) is 2.81. The minimum absolute atomic E-state index is 0.153. The summed E-state index contributed by atoms with van der Waals surface area (Å²) in [6.45, 7) is 4.12. The van der Waals surface area contributed by atoms with Crippen LogP contribution in [0.25, 0.3) is 5.69 Å². The van der Waals surface area contributed by atoms with Gasteiger partial charge in [0, 0.05) is 5.92 Å². The molecule has 0 atom stereocenters. The lowest BCUT2D eigenvalue weighted by atomic mass is 10.1. The number of aromatic nitrogens is 4. The van der Waals surface area contributed by atoms with E-state index in [2.05, 4.69) is 34.5 Å². The first-order valence-corrected chi connectivity index (χ1v) is 9.23. The van der Waals surface area contributed by atoms with Crippen LogP contribution in [0.2, 0.25) is 0 Å². The number of hydrogen-bond acceptors (Lipinski definition) is 5. The van der Waals surface area contributed by atoms with Gasteiger partial charge in [-0.1, -0.05) is 43.4 Å². The minimum atomic E-state index is -0.190. The standard InChI is InChI=1S/C18H19N5OS/c1-11(2)15-14(10-19-23(15)13-6-4-3-5-7-13)16(24)20-18-22-21-17(25-18)12-8-9-12/h3-7,10-12H,8-9H2,1-2H3,(H,20,22,24). The van der Waals surface area contributed by atoms with Crippen molar-refractivity contribution in [2.45, 2.75) is 38.5 Å². The van der Waals surface area contributed by atoms with Crippen LogP contribution in [0.3, 0.4) is 0 Å². The Labute approximate surface area is 149 Å². The molecule has 0 aliphatic heterocycles. The van der Waals surface area contributed by atoms with E-state index in [1.807, 2.05) is 35.0 Å². The van der Waals surface area contributed by atoms with Gasteiger partial charge in [-0.2, -0.15) is 5.10 Å². The highest BCUT2D eigenvalue weighted by Gasteiger charge is 2.28. The van der Waals surface area contributed by atoms with Crippen LogP contribution >= 0.6 is 11.3 Å². The summed E-state index contributed by atoms with van der Waals surface area (Å²) in [4.78, 5) is 12.8. The van der Waals surface area contributed by atoms with Crippen LogP contribution in [0.15, 0.2) is 36.5 Å². The number of nitrogens with zero attached hydrogens (tertiary/aromatic N) is 4. The van der Waals surface area contributed by atoms with Gasteiger partial charge in [-0.3, -0.25) is 10.1 Å². The van der Waals surface area contributed by atoms with Gasteiger partial charge < -0.3 is 0 Å². The molecular weight excluding hydrogens is 334 g/mol. The molecule has 3 aromatic rings. The summed E-state index contributed by atoms with van der Waals surface area (Å²) in [5.74, 6) is 0.500. The molecule has 7 heteroatoms. The molecule has 1 aromatic carbocycles. The van der Waals surface area contributed by atoms with Crippen molar-refractivity contribution in [1.29, 1.82) is 0 Å². The topological polar surface area (TPSA) is 72.7 Å². The van der Waals surface area contributed by atoms with Crippen LogP contribution in [0, 0.1) is 0 Å². The third-order valence-corrected chi connectivity index (χ3v) is 5.19. The van der Waals surface area contributed by atoms with E-state index < -0.39 is 0 Å². The third-order valence-electron chi connectivity index (χ3n) is 4.19. The van der Waals surface area contributed by atoms with Gasteiger partial charge in [0.25, 0.3) is 5.91 Å². The predicted molar refractivity (Wildman–Crippen MR) is 97.5 cm³/mol.